The topological polar surface area (TPSA) is 84.5 Å². The fourth-order valence-electron chi connectivity index (χ4n) is 4.43. The van der Waals surface area contributed by atoms with Gasteiger partial charge in [0.2, 0.25) is 11.8 Å². The summed E-state index contributed by atoms with van der Waals surface area (Å²) in [5.74, 6) is -4.78. The molecule has 43 heavy (non-hydrogen) atoms. The first-order valence-electron chi connectivity index (χ1n) is 13.2. The number of benzene rings is 3. The Labute approximate surface area is 262 Å². The van der Waals surface area contributed by atoms with Gasteiger partial charge in [0.15, 0.2) is 0 Å². The van der Waals surface area contributed by atoms with Crippen molar-refractivity contribution in [3.8, 4) is 5.75 Å². The van der Waals surface area contributed by atoms with Crippen LogP contribution in [0.1, 0.15) is 36.5 Å². The summed E-state index contributed by atoms with van der Waals surface area (Å²) in [6.07, 6.45) is -5.09. The SMILES string of the molecule is COc1ccc(C[C@H](C(=O)N[C@@H](Cc2cccc(Cl)c2)C(=O)N[C@H](C(=O)C(F)(F)F)C(C)C)c2ccc(Cl)c(Cl)c2)cc1. The molecular weight excluding hydrogens is 628 g/mol. The average Bonchev–Trinajstić information content (AvgIpc) is 2.95. The first-order valence-corrected chi connectivity index (χ1v) is 14.4. The highest BCUT2D eigenvalue weighted by molar-refractivity contribution is 6.42. The summed E-state index contributed by atoms with van der Waals surface area (Å²) in [7, 11) is 1.53. The van der Waals surface area contributed by atoms with Gasteiger partial charge in [-0.25, -0.2) is 0 Å². The van der Waals surface area contributed by atoms with E-state index in [9.17, 15) is 27.6 Å². The number of alkyl halides is 3. The summed E-state index contributed by atoms with van der Waals surface area (Å²) < 4.78 is 45.1. The van der Waals surface area contributed by atoms with Crippen molar-refractivity contribution >= 4 is 52.4 Å². The van der Waals surface area contributed by atoms with Crippen LogP contribution in [-0.4, -0.2) is 43.0 Å². The molecule has 3 aromatic carbocycles. The number of amides is 2. The van der Waals surface area contributed by atoms with E-state index in [1.165, 1.54) is 21.0 Å². The number of hydrogen-bond donors (Lipinski definition) is 2. The summed E-state index contributed by atoms with van der Waals surface area (Å²) in [5.41, 5.74) is 1.80. The van der Waals surface area contributed by atoms with Crippen LogP contribution in [0, 0.1) is 5.92 Å². The van der Waals surface area contributed by atoms with Crippen LogP contribution in [0.25, 0.3) is 0 Å². The Morgan fingerprint density at radius 3 is 2.05 bits per heavy atom. The standard InChI is InChI=1S/C31H30Cl3F3N2O4/c1-17(2)27(28(40)31(35,36)37)39-30(42)26(15-19-5-4-6-21(32)13-19)38-29(41)23(20-9-12-24(33)25(34)16-20)14-18-7-10-22(43-3)11-8-18/h4-13,16-17,23,26-27H,14-15H2,1-3H3,(H,38,41)(H,39,42)/t23-,26-,27-/m0/s1. The Morgan fingerprint density at radius 2 is 1.49 bits per heavy atom. The molecule has 3 aromatic rings. The highest BCUT2D eigenvalue weighted by atomic mass is 35.5. The molecule has 0 spiro atoms. The quantitative estimate of drug-likeness (QED) is 0.220. The van der Waals surface area contributed by atoms with Crippen LogP contribution in [-0.2, 0) is 27.2 Å². The molecule has 0 saturated heterocycles. The zero-order chi connectivity index (χ0) is 31.9. The fourth-order valence-corrected chi connectivity index (χ4v) is 4.95. The lowest BCUT2D eigenvalue weighted by molar-refractivity contribution is -0.175. The lowest BCUT2D eigenvalue weighted by atomic mass is 9.90. The Morgan fingerprint density at radius 1 is 0.814 bits per heavy atom. The van der Waals surface area contributed by atoms with E-state index in [0.717, 1.165) is 5.56 Å². The van der Waals surface area contributed by atoms with Crippen LogP contribution in [0.5, 0.6) is 5.75 Å². The molecule has 0 aliphatic carbocycles. The maximum atomic E-state index is 13.9. The van der Waals surface area contributed by atoms with Crippen LogP contribution < -0.4 is 15.4 Å². The molecule has 3 rings (SSSR count). The molecule has 6 nitrogen and oxygen atoms in total. The van der Waals surface area contributed by atoms with Crippen molar-refractivity contribution < 1.29 is 32.3 Å². The molecule has 0 radical (unpaired) electrons. The summed E-state index contributed by atoms with van der Waals surface area (Å²) in [6.45, 7) is 2.77. The molecular formula is C31H30Cl3F3N2O4. The van der Waals surface area contributed by atoms with E-state index in [1.54, 1.807) is 66.7 Å². The van der Waals surface area contributed by atoms with E-state index in [4.69, 9.17) is 39.5 Å². The Kier molecular flexibility index (Phi) is 11.9. The van der Waals surface area contributed by atoms with Gasteiger partial charge in [-0.1, -0.05) is 79.0 Å². The monoisotopic (exact) mass is 656 g/mol. The molecule has 0 heterocycles. The van der Waals surface area contributed by atoms with Gasteiger partial charge in [0.25, 0.3) is 5.78 Å². The molecule has 0 bridgehead atoms. The number of hydrogen-bond acceptors (Lipinski definition) is 4. The van der Waals surface area contributed by atoms with E-state index in [2.05, 4.69) is 10.6 Å². The Balaban J connectivity index is 1.98. The van der Waals surface area contributed by atoms with Crippen molar-refractivity contribution in [2.24, 2.45) is 5.92 Å². The van der Waals surface area contributed by atoms with Gasteiger partial charge in [0, 0.05) is 11.4 Å². The molecule has 2 N–H and O–H groups in total. The summed E-state index contributed by atoms with van der Waals surface area (Å²) in [5, 5.41) is 5.76. The van der Waals surface area contributed by atoms with Gasteiger partial charge in [-0.2, -0.15) is 13.2 Å². The highest BCUT2D eigenvalue weighted by Gasteiger charge is 2.45. The zero-order valence-electron chi connectivity index (χ0n) is 23.5. The molecule has 0 aromatic heterocycles. The molecule has 0 aliphatic heterocycles. The normalized spacial score (nSPS) is 13.6. The predicted molar refractivity (Wildman–Crippen MR) is 161 cm³/mol. The van der Waals surface area contributed by atoms with Crippen LogP contribution in [0.3, 0.4) is 0 Å². The number of ketones is 1. The average molecular weight is 658 g/mol. The minimum atomic E-state index is -5.16. The van der Waals surface area contributed by atoms with Gasteiger partial charge in [0.1, 0.15) is 11.8 Å². The summed E-state index contributed by atoms with van der Waals surface area (Å²) >= 11 is 18.5. The van der Waals surface area contributed by atoms with E-state index < -0.39 is 47.7 Å². The first kappa shape index (κ1) is 34.2. The van der Waals surface area contributed by atoms with Crippen LogP contribution in [0.4, 0.5) is 13.2 Å². The Hall–Kier alpha value is -3.27. The molecule has 0 fully saturated rings. The van der Waals surface area contributed by atoms with Crippen LogP contribution >= 0.6 is 34.8 Å². The second-order valence-electron chi connectivity index (χ2n) is 10.3. The third kappa shape index (κ3) is 9.61. The first-order chi connectivity index (χ1) is 20.2. The molecule has 3 atom stereocenters. The lowest BCUT2D eigenvalue weighted by Crippen LogP contribution is -2.56. The third-order valence-corrected chi connectivity index (χ3v) is 7.72. The number of carbonyl (C=O) groups is 3. The number of rotatable bonds is 12. The highest BCUT2D eigenvalue weighted by Crippen LogP contribution is 2.30. The minimum Gasteiger partial charge on any atom is -0.497 e. The van der Waals surface area contributed by atoms with Crippen molar-refractivity contribution in [3.63, 3.8) is 0 Å². The van der Waals surface area contributed by atoms with Gasteiger partial charge in [-0.3, -0.25) is 14.4 Å². The lowest BCUT2D eigenvalue weighted by Gasteiger charge is -2.27. The Bertz CT molecular complexity index is 1450. The van der Waals surface area contributed by atoms with Gasteiger partial charge >= 0.3 is 6.18 Å². The molecule has 12 heteroatoms. The predicted octanol–water partition coefficient (Wildman–Crippen LogP) is 6.98. The van der Waals surface area contributed by atoms with Crippen molar-refractivity contribution in [1.82, 2.24) is 10.6 Å². The van der Waals surface area contributed by atoms with Crippen molar-refractivity contribution in [2.45, 2.75) is 50.9 Å². The third-order valence-electron chi connectivity index (χ3n) is 6.75. The summed E-state index contributed by atoms with van der Waals surface area (Å²) in [4.78, 5) is 39.5. The maximum absolute atomic E-state index is 13.9. The summed E-state index contributed by atoms with van der Waals surface area (Å²) in [6, 6.07) is 15.0. The number of ether oxygens (including phenoxy) is 1. The molecule has 0 saturated carbocycles. The largest absolute Gasteiger partial charge is 0.497 e. The smallest absolute Gasteiger partial charge is 0.452 e. The van der Waals surface area contributed by atoms with E-state index in [0.29, 0.717) is 21.9 Å². The van der Waals surface area contributed by atoms with Crippen molar-refractivity contribution in [2.75, 3.05) is 7.11 Å². The number of halogens is 6. The molecule has 0 unspecified atom stereocenters. The fraction of sp³-hybridized carbons (Fsp3) is 0.323. The molecule has 2 amide bonds. The molecule has 0 aliphatic rings. The number of methoxy groups -OCH3 is 1. The van der Waals surface area contributed by atoms with E-state index >= 15 is 0 Å². The van der Waals surface area contributed by atoms with Gasteiger partial charge < -0.3 is 15.4 Å². The van der Waals surface area contributed by atoms with Crippen LogP contribution in [0.15, 0.2) is 66.7 Å². The second kappa shape index (κ2) is 14.9. The number of carbonyl (C=O) groups excluding carboxylic acids is 3. The van der Waals surface area contributed by atoms with Gasteiger partial charge in [-0.15, -0.1) is 0 Å². The minimum absolute atomic E-state index is 0.111. The van der Waals surface area contributed by atoms with E-state index in [1.807, 2.05) is 0 Å². The van der Waals surface area contributed by atoms with Crippen LogP contribution in [0.2, 0.25) is 15.1 Å². The zero-order valence-corrected chi connectivity index (χ0v) is 25.7. The second-order valence-corrected chi connectivity index (χ2v) is 11.5. The van der Waals surface area contributed by atoms with Gasteiger partial charge in [0.05, 0.1) is 29.1 Å². The van der Waals surface area contributed by atoms with Gasteiger partial charge in [-0.05, 0) is 65.4 Å². The molecule has 230 valence electrons. The van der Waals surface area contributed by atoms with Crippen molar-refractivity contribution in [1.29, 1.82) is 0 Å². The van der Waals surface area contributed by atoms with Crippen molar-refractivity contribution in [3.05, 3.63) is 98.5 Å². The maximum Gasteiger partial charge on any atom is 0.452 e. The number of nitrogens with one attached hydrogen (secondary N) is 2. The number of Topliss-reactive ketones (excluding diaryl/α,β-unsaturated/α-hetero) is 1. The van der Waals surface area contributed by atoms with E-state index in [-0.39, 0.29) is 22.9 Å².